The number of allylic oxidation sites excluding steroid dienone is 1. The molecule has 3 nitrogen and oxygen atoms in total. The van der Waals surface area contributed by atoms with Crippen LogP contribution in [0.2, 0.25) is 0 Å². The van der Waals surface area contributed by atoms with E-state index in [1.807, 2.05) is 6.07 Å². The van der Waals surface area contributed by atoms with E-state index in [2.05, 4.69) is 197 Å². The average molecular weight is 729 g/mol. The second kappa shape index (κ2) is 12.6. The van der Waals surface area contributed by atoms with Gasteiger partial charge in [-0.05, 0) is 89.7 Å². The maximum atomic E-state index is 6.56. The van der Waals surface area contributed by atoms with Crippen molar-refractivity contribution in [2.75, 3.05) is 0 Å². The first-order valence-corrected chi connectivity index (χ1v) is 19.8. The molecule has 0 saturated heterocycles. The van der Waals surface area contributed by atoms with Crippen molar-refractivity contribution in [1.29, 1.82) is 0 Å². The van der Waals surface area contributed by atoms with Gasteiger partial charge in [0, 0.05) is 55.0 Å². The first kappa shape index (κ1) is 31.9. The number of aromatic nitrogens is 2. The molecule has 57 heavy (non-hydrogen) atoms. The summed E-state index contributed by atoms with van der Waals surface area (Å²) < 4.78 is 11.5. The lowest BCUT2D eigenvalue weighted by Gasteiger charge is -2.20. The highest BCUT2D eigenvalue weighted by molar-refractivity contribution is 6.12. The number of hydrogen-bond acceptors (Lipinski definition) is 1. The summed E-state index contributed by atoms with van der Waals surface area (Å²) >= 11 is 0. The van der Waals surface area contributed by atoms with E-state index in [0.717, 1.165) is 45.9 Å². The van der Waals surface area contributed by atoms with Crippen LogP contribution in [0.5, 0.6) is 0 Å². The van der Waals surface area contributed by atoms with E-state index in [0.29, 0.717) is 0 Å². The van der Waals surface area contributed by atoms with Gasteiger partial charge in [-0.25, -0.2) is 0 Å². The molecule has 1 aliphatic rings. The van der Waals surface area contributed by atoms with Crippen molar-refractivity contribution >= 4 is 66.3 Å². The van der Waals surface area contributed by atoms with Crippen LogP contribution in [-0.2, 0) is 6.42 Å². The Labute approximate surface area is 330 Å². The van der Waals surface area contributed by atoms with Gasteiger partial charge in [0.25, 0.3) is 0 Å². The molecule has 1 aliphatic carbocycles. The first-order valence-electron chi connectivity index (χ1n) is 19.8. The van der Waals surface area contributed by atoms with Gasteiger partial charge in [-0.2, -0.15) is 0 Å². The van der Waals surface area contributed by atoms with E-state index < -0.39 is 0 Å². The second-order valence-corrected chi connectivity index (χ2v) is 15.2. The largest absolute Gasteiger partial charge is 0.455 e. The Balaban J connectivity index is 1.00. The SMILES string of the molecule is C1=C(c2ccc3c(c2)c2ccccc2n3-c2cccc(-c3ccccc3)c2)CCc2c1c1ccccc1n2-c1ccccc1-c1cccc2c1oc1ccccc12. The number of furan rings is 1. The van der Waals surface area contributed by atoms with E-state index in [1.165, 1.54) is 77.6 Å². The monoisotopic (exact) mass is 728 g/mol. The average Bonchev–Trinajstić information content (AvgIpc) is 3.94. The summed E-state index contributed by atoms with van der Waals surface area (Å²) in [4.78, 5) is 0. The molecule has 3 aromatic heterocycles. The van der Waals surface area contributed by atoms with Crippen molar-refractivity contribution in [3.63, 3.8) is 0 Å². The van der Waals surface area contributed by atoms with Gasteiger partial charge >= 0.3 is 0 Å². The van der Waals surface area contributed by atoms with E-state index >= 15 is 0 Å². The molecular weight excluding hydrogens is 693 g/mol. The van der Waals surface area contributed by atoms with Crippen LogP contribution < -0.4 is 0 Å². The highest BCUT2D eigenvalue weighted by atomic mass is 16.3. The van der Waals surface area contributed by atoms with Crippen molar-refractivity contribution in [2.45, 2.75) is 12.8 Å². The minimum atomic E-state index is 0.916. The first-order chi connectivity index (χ1) is 28.3. The predicted molar refractivity (Wildman–Crippen MR) is 238 cm³/mol. The van der Waals surface area contributed by atoms with Crippen LogP contribution in [-0.4, -0.2) is 9.13 Å². The molecular formula is C54H36N2O. The fourth-order valence-corrected chi connectivity index (χ4v) is 9.49. The molecule has 0 atom stereocenters. The minimum Gasteiger partial charge on any atom is -0.455 e. The van der Waals surface area contributed by atoms with Crippen molar-refractivity contribution < 1.29 is 4.42 Å². The topological polar surface area (TPSA) is 23.0 Å². The third-order valence-electron chi connectivity index (χ3n) is 12.1. The molecule has 0 saturated carbocycles. The van der Waals surface area contributed by atoms with Crippen LogP contribution in [0.15, 0.2) is 192 Å². The summed E-state index contributed by atoms with van der Waals surface area (Å²) in [5, 5.41) is 6.11. The van der Waals surface area contributed by atoms with Crippen LogP contribution in [0.3, 0.4) is 0 Å². The summed E-state index contributed by atoms with van der Waals surface area (Å²) in [5.74, 6) is 0. The number of nitrogens with zero attached hydrogens (tertiary/aromatic N) is 2. The number of fused-ring (bicyclic) bond motifs is 9. The normalized spacial score (nSPS) is 12.9. The lowest BCUT2D eigenvalue weighted by molar-refractivity contribution is 0.670. The fourth-order valence-electron chi connectivity index (χ4n) is 9.49. The quantitative estimate of drug-likeness (QED) is 0.173. The Bertz CT molecular complexity index is 3410. The molecule has 0 N–H and O–H groups in total. The molecule has 0 fully saturated rings. The third kappa shape index (κ3) is 4.92. The van der Waals surface area contributed by atoms with Gasteiger partial charge < -0.3 is 13.6 Å². The summed E-state index contributed by atoms with van der Waals surface area (Å²) in [6.45, 7) is 0. The molecule has 0 bridgehead atoms. The fraction of sp³-hybridized carbons (Fsp3) is 0.0370. The molecule has 11 aromatic rings. The number of hydrogen-bond donors (Lipinski definition) is 0. The van der Waals surface area contributed by atoms with Crippen LogP contribution in [0.4, 0.5) is 0 Å². The van der Waals surface area contributed by atoms with Crippen LogP contribution in [0.25, 0.3) is 99.9 Å². The molecule has 3 heteroatoms. The summed E-state index contributed by atoms with van der Waals surface area (Å²) in [6.07, 6.45) is 4.35. The second-order valence-electron chi connectivity index (χ2n) is 15.2. The Hall–Kier alpha value is -7.36. The van der Waals surface area contributed by atoms with Crippen LogP contribution in [0.1, 0.15) is 23.2 Å². The molecule has 8 aromatic carbocycles. The Morgan fingerprint density at radius 2 is 1.07 bits per heavy atom. The zero-order chi connectivity index (χ0) is 37.5. The smallest absolute Gasteiger partial charge is 0.143 e. The van der Waals surface area contributed by atoms with Gasteiger partial charge in [-0.3, -0.25) is 0 Å². The van der Waals surface area contributed by atoms with Crippen molar-refractivity contribution in [3.05, 3.63) is 205 Å². The number of para-hydroxylation sites is 5. The van der Waals surface area contributed by atoms with Gasteiger partial charge in [-0.15, -0.1) is 0 Å². The van der Waals surface area contributed by atoms with Crippen molar-refractivity contribution in [1.82, 2.24) is 9.13 Å². The van der Waals surface area contributed by atoms with Gasteiger partial charge in [0.1, 0.15) is 11.2 Å². The zero-order valence-corrected chi connectivity index (χ0v) is 31.2. The summed E-state index contributed by atoms with van der Waals surface area (Å²) in [6, 6.07) is 68.0. The Kier molecular flexibility index (Phi) is 7.05. The molecule has 0 aliphatic heterocycles. The maximum Gasteiger partial charge on any atom is 0.143 e. The van der Waals surface area contributed by atoms with Crippen molar-refractivity contribution in [2.24, 2.45) is 0 Å². The van der Waals surface area contributed by atoms with E-state index in [1.54, 1.807) is 0 Å². The van der Waals surface area contributed by atoms with Crippen LogP contribution >= 0.6 is 0 Å². The Morgan fingerprint density at radius 1 is 0.404 bits per heavy atom. The number of rotatable bonds is 5. The van der Waals surface area contributed by atoms with Gasteiger partial charge in [0.2, 0.25) is 0 Å². The zero-order valence-electron chi connectivity index (χ0n) is 31.2. The molecule has 268 valence electrons. The standard InChI is InChI=1S/C54H36N2O/c1-2-14-35(15-3-1)36-16-12-17-39(32-36)55-48-24-8-5-19-41(48)46-33-37(28-30-51(46)55)38-29-31-52-47(34-38)42-20-6-10-26-50(42)56(52)49-25-9-4-18-40(49)44-22-13-23-45-43-21-7-11-27-53(43)57-54(44)45/h1-28,30,32-34H,29,31H2. The molecule has 0 spiro atoms. The van der Waals surface area contributed by atoms with E-state index in [9.17, 15) is 0 Å². The highest BCUT2D eigenvalue weighted by Crippen LogP contribution is 2.44. The van der Waals surface area contributed by atoms with Gasteiger partial charge in [-0.1, -0.05) is 140 Å². The summed E-state index contributed by atoms with van der Waals surface area (Å²) in [7, 11) is 0. The van der Waals surface area contributed by atoms with Gasteiger partial charge in [0.15, 0.2) is 0 Å². The molecule has 3 heterocycles. The predicted octanol–water partition coefficient (Wildman–Crippen LogP) is 14.4. The van der Waals surface area contributed by atoms with E-state index in [-0.39, 0.29) is 0 Å². The summed E-state index contributed by atoms with van der Waals surface area (Å²) in [5.41, 5.74) is 17.9. The molecule has 0 unspecified atom stereocenters. The lowest BCUT2D eigenvalue weighted by Crippen LogP contribution is -2.06. The van der Waals surface area contributed by atoms with Gasteiger partial charge in [0.05, 0.1) is 22.2 Å². The van der Waals surface area contributed by atoms with E-state index in [4.69, 9.17) is 4.42 Å². The van der Waals surface area contributed by atoms with Crippen molar-refractivity contribution in [3.8, 4) is 33.6 Å². The lowest BCUT2D eigenvalue weighted by atomic mass is 9.90. The molecule has 12 rings (SSSR count). The minimum absolute atomic E-state index is 0.916. The van der Waals surface area contributed by atoms with Crippen LogP contribution in [0, 0.1) is 0 Å². The Morgan fingerprint density at radius 3 is 1.96 bits per heavy atom. The molecule has 0 radical (unpaired) electrons. The maximum absolute atomic E-state index is 6.56. The molecule has 0 amide bonds. The highest BCUT2D eigenvalue weighted by Gasteiger charge is 2.25. The third-order valence-corrected chi connectivity index (χ3v) is 12.1. The number of benzene rings is 8.